The summed E-state index contributed by atoms with van der Waals surface area (Å²) < 4.78 is 10.5. The van der Waals surface area contributed by atoms with Gasteiger partial charge < -0.3 is 25.2 Å². The van der Waals surface area contributed by atoms with Crippen LogP contribution in [0.25, 0.3) is 0 Å². The predicted octanol–water partition coefficient (Wildman–Crippen LogP) is 4.81. The average Bonchev–Trinajstić information content (AvgIpc) is 2.88. The topological polar surface area (TPSA) is 121 Å². The number of phenolic OH excluding ortho intramolecular Hbond substituents is 1. The molecule has 0 saturated heterocycles. The molecule has 0 unspecified atom stereocenters. The van der Waals surface area contributed by atoms with Gasteiger partial charge in [0.1, 0.15) is 6.61 Å². The van der Waals surface area contributed by atoms with Gasteiger partial charge in [-0.15, -0.1) is 0 Å². The first-order chi connectivity index (χ1) is 17.7. The summed E-state index contributed by atoms with van der Waals surface area (Å²) in [7, 11) is 1.41. The Bertz CT molecular complexity index is 1340. The number of amides is 1. The monoisotopic (exact) mass is 519 g/mol. The number of esters is 1. The number of nitrogens with one attached hydrogen (secondary N) is 2. The van der Waals surface area contributed by atoms with E-state index in [1.807, 2.05) is 32.0 Å². The van der Waals surface area contributed by atoms with Crippen LogP contribution in [0.3, 0.4) is 0 Å². The van der Waals surface area contributed by atoms with E-state index >= 15 is 0 Å². The minimum absolute atomic E-state index is 0.00704. The zero-order valence-electron chi connectivity index (χ0n) is 21.2. The van der Waals surface area contributed by atoms with Crippen molar-refractivity contribution in [3.05, 3.63) is 87.6 Å². The molecule has 0 spiro atoms. The number of ether oxygens (including phenoxy) is 2. The van der Waals surface area contributed by atoms with Gasteiger partial charge in [0.15, 0.2) is 11.5 Å². The summed E-state index contributed by atoms with van der Waals surface area (Å²) in [6.07, 6.45) is 1.46. The number of methoxy groups -OCH3 is 1. The van der Waals surface area contributed by atoms with Crippen molar-refractivity contribution in [3.8, 4) is 17.6 Å². The third kappa shape index (κ3) is 6.35. The smallest absolute Gasteiger partial charge is 0.337 e. The number of hydrogen-bond acceptors (Lipinski definition) is 8. The molecule has 1 atom stereocenters. The maximum atomic E-state index is 13.0. The van der Waals surface area contributed by atoms with Crippen molar-refractivity contribution in [1.82, 2.24) is 5.32 Å². The largest absolute Gasteiger partial charge is 0.504 e. The van der Waals surface area contributed by atoms with Gasteiger partial charge >= 0.3 is 5.97 Å². The number of dihydropyridines is 1. The number of thioether (sulfide) groups is 1. The van der Waals surface area contributed by atoms with Gasteiger partial charge in [-0.05, 0) is 61.7 Å². The Balaban J connectivity index is 1.94. The standard InChI is InChI=1S/C28H29N3O5S/c1-6-11-36-28(34)25-18(4)30-27(37-15-24(33)31-20-9-7-16(2)17(3)12-20)21(14-29)26(25)19-8-10-22(32)23(13-19)35-5/h6-10,12-13,26,30,32H,1,11,15H2,2-5H3,(H,31,33)/t26-/m0/s1. The number of benzene rings is 2. The minimum atomic E-state index is -0.802. The van der Waals surface area contributed by atoms with Gasteiger partial charge in [0.2, 0.25) is 5.91 Å². The fourth-order valence-corrected chi connectivity index (χ4v) is 4.76. The lowest BCUT2D eigenvalue weighted by Gasteiger charge is -2.29. The Hall–Kier alpha value is -4.16. The van der Waals surface area contributed by atoms with Gasteiger partial charge in [-0.25, -0.2) is 4.79 Å². The second kappa shape index (κ2) is 12.2. The van der Waals surface area contributed by atoms with Crippen LogP contribution in [0.1, 0.15) is 29.5 Å². The molecule has 0 bridgehead atoms. The van der Waals surface area contributed by atoms with E-state index < -0.39 is 11.9 Å². The van der Waals surface area contributed by atoms with Crippen LogP contribution in [0.5, 0.6) is 11.5 Å². The van der Waals surface area contributed by atoms with Crippen molar-refractivity contribution in [2.45, 2.75) is 26.7 Å². The fourth-order valence-electron chi connectivity index (χ4n) is 3.87. The minimum Gasteiger partial charge on any atom is -0.504 e. The van der Waals surface area contributed by atoms with Crippen molar-refractivity contribution < 1.29 is 24.2 Å². The number of aryl methyl sites for hydroxylation is 2. The normalized spacial score (nSPS) is 14.9. The van der Waals surface area contributed by atoms with E-state index in [1.54, 1.807) is 19.1 Å². The first-order valence-corrected chi connectivity index (χ1v) is 12.5. The second-order valence-corrected chi connectivity index (χ2v) is 9.39. The molecule has 3 N–H and O–H groups in total. The fraction of sp³-hybridized carbons (Fsp3) is 0.250. The van der Waals surface area contributed by atoms with Gasteiger partial charge in [0.25, 0.3) is 0 Å². The van der Waals surface area contributed by atoms with Crippen molar-refractivity contribution in [1.29, 1.82) is 5.26 Å². The number of carbonyl (C=O) groups is 2. The number of allylic oxidation sites excluding steroid dienone is 2. The maximum Gasteiger partial charge on any atom is 0.337 e. The summed E-state index contributed by atoms with van der Waals surface area (Å²) in [6, 6.07) is 12.5. The summed E-state index contributed by atoms with van der Waals surface area (Å²) in [5.41, 5.74) is 4.42. The average molecular weight is 520 g/mol. The molecule has 2 aromatic carbocycles. The number of aromatic hydroxyl groups is 1. The number of phenols is 1. The zero-order chi connectivity index (χ0) is 27.1. The SMILES string of the molecule is C=CCOC(=O)C1=C(C)NC(SCC(=O)Nc2ccc(C)c(C)c2)=C(C#N)[C@@H]1c1ccc(O)c(OC)c1. The van der Waals surface area contributed by atoms with E-state index in [0.717, 1.165) is 22.9 Å². The molecule has 8 nitrogen and oxygen atoms in total. The van der Waals surface area contributed by atoms with E-state index in [9.17, 15) is 20.0 Å². The van der Waals surface area contributed by atoms with E-state index in [0.29, 0.717) is 22.0 Å². The molecule has 1 amide bonds. The summed E-state index contributed by atoms with van der Waals surface area (Å²) in [6.45, 7) is 9.26. The molecule has 192 valence electrons. The summed E-state index contributed by atoms with van der Waals surface area (Å²) >= 11 is 1.16. The number of carbonyl (C=O) groups excluding carboxylic acids is 2. The molecule has 0 aliphatic carbocycles. The number of hydrogen-bond donors (Lipinski definition) is 3. The first kappa shape index (κ1) is 27.4. The molecule has 0 radical (unpaired) electrons. The summed E-state index contributed by atoms with van der Waals surface area (Å²) in [5.74, 6) is -1.48. The molecule has 2 aromatic rings. The lowest BCUT2D eigenvalue weighted by atomic mass is 9.82. The van der Waals surface area contributed by atoms with Crippen molar-refractivity contribution in [2.75, 3.05) is 24.8 Å². The third-order valence-electron chi connectivity index (χ3n) is 5.88. The van der Waals surface area contributed by atoms with Gasteiger partial charge in [-0.2, -0.15) is 5.26 Å². The van der Waals surface area contributed by atoms with E-state index in [2.05, 4.69) is 23.3 Å². The Morgan fingerprint density at radius 2 is 1.97 bits per heavy atom. The second-order valence-electron chi connectivity index (χ2n) is 8.41. The van der Waals surface area contributed by atoms with Crippen LogP contribution in [-0.2, 0) is 14.3 Å². The molecule has 1 heterocycles. The van der Waals surface area contributed by atoms with Crippen molar-refractivity contribution in [2.24, 2.45) is 0 Å². The predicted molar refractivity (Wildman–Crippen MR) is 144 cm³/mol. The zero-order valence-corrected chi connectivity index (χ0v) is 22.0. The molecule has 9 heteroatoms. The van der Waals surface area contributed by atoms with Crippen LogP contribution < -0.4 is 15.4 Å². The highest BCUT2D eigenvalue weighted by molar-refractivity contribution is 8.03. The van der Waals surface area contributed by atoms with Crippen molar-refractivity contribution in [3.63, 3.8) is 0 Å². The highest BCUT2D eigenvalue weighted by atomic mass is 32.2. The van der Waals surface area contributed by atoms with Crippen LogP contribution in [0.15, 0.2) is 70.9 Å². The molecule has 3 rings (SSSR count). The quantitative estimate of drug-likeness (QED) is 0.319. The molecule has 1 aliphatic rings. The Kier molecular flexibility index (Phi) is 9.04. The highest BCUT2D eigenvalue weighted by Gasteiger charge is 2.36. The van der Waals surface area contributed by atoms with Gasteiger partial charge in [0.05, 0.1) is 41.0 Å². The van der Waals surface area contributed by atoms with E-state index in [4.69, 9.17) is 9.47 Å². The van der Waals surface area contributed by atoms with E-state index in [1.165, 1.54) is 19.3 Å². The Labute approximate surface area is 220 Å². The van der Waals surface area contributed by atoms with Gasteiger partial charge in [0, 0.05) is 11.4 Å². The Morgan fingerprint density at radius 1 is 1.22 bits per heavy atom. The molecule has 0 aromatic heterocycles. The number of nitrogens with zero attached hydrogens (tertiary/aromatic N) is 1. The summed E-state index contributed by atoms with van der Waals surface area (Å²) in [4.78, 5) is 25.7. The van der Waals surface area contributed by atoms with Gasteiger partial charge in [-0.3, -0.25) is 4.79 Å². The van der Waals surface area contributed by atoms with Crippen LogP contribution in [-0.4, -0.2) is 36.5 Å². The Morgan fingerprint density at radius 3 is 2.62 bits per heavy atom. The third-order valence-corrected chi connectivity index (χ3v) is 6.89. The number of nitriles is 1. The number of rotatable bonds is 9. The van der Waals surface area contributed by atoms with Crippen molar-refractivity contribution >= 4 is 29.3 Å². The summed E-state index contributed by atoms with van der Waals surface area (Å²) in [5, 5.41) is 26.7. The molecular weight excluding hydrogens is 490 g/mol. The highest BCUT2D eigenvalue weighted by Crippen LogP contribution is 2.43. The maximum absolute atomic E-state index is 13.0. The molecule has 37 heavy (non-hydrogen) atoms. The van der Waals surface area contributed by atoms with Crippen LogP contribution in [0.2, 0.25) is 0 Å². The molecule has 1 aliphatic heterocycles. The number of anilines is 1. The molecule has 0 saturated carbocycles. The van der Waals surface area contributed by atoms with Gasteiger partial charge in [-0.1, -0.05) is 36.5 Å². The molecular formula is C28H29N3O5S. The van der Waals surface area contributed by atoms with Crippen LogP contribution >= 0.6 is 11.8 Å². The van der Waals surface area contributed by atoms with Crippen LogP contribution in [0.4, 0.5) is 5.69 Å². The van der Waals surface area contributed by atoms with E-state index in [-0.39, 0.29) is 40.9 Å². The first-order valence-electron chi connectivity index (χ1n) is 11.5. The molecule has 0 fully saturated rings. The van der Waals surface area contributed by atoms with Crippen LogP contribution in [0, 0.1) is 25.2 Å². The lowest BCUT2D eigenvalue weighted by Crippen LogP contribution is -2.29. The lowest BCUT2D eigenvalue weighted by molar-refractivity contribution is -0.138.